The highest BCUT2D eigenvalue weighted by atomic mass is 19.1. The lowest BCUT2D eigenvalue weighted by molar-refractivity contribution is -0.131. The van der Waals surface area contributed by atoms with Crippen molar-refractivity contribution in [2.75, 3.05) is 13.1 Å². The van der Waals surface area contributed by atoms with E-state index in [9.17, 15) is 18.4 Å². The molecular weight excluding hydrogens is 340 g/mol. The first-order valence-electron chi connectivity index (χ1n) is 8.49. The summed E-state index contributed by atoms with van der Waals surface area (Å²) in [6.07, 6.45) is 1.44. The quantitative estimate of drug-likeness (QED) is 0.907. The summed E-state index contributed by atoms with van der Waals surface area (Å²) in [6, 6.07) is 9.81. The number of benzene rings is 2. The molecule has 1 N–H and O–H groups in total. The summed E-state index contributed by atoms with van der Waals surface area (Å²) in [5, 5.41) is 9.13. The molecule has 0 bridgehead atoms. The van der Waals surface area contributed by atoms with Gasteiger partial charge in [0, 0.05) is 24.6 Å². The van der Waals surface area contributed by atoms with E-state index in [-0.39, 0.29) is 29.4 Å². The van der Waals surface area contributed by atoms with Crippen LogP contribution in [0.2, 0.25) is 0 Å². The van der Waals surface area contributed by atoms with Crippen LogP contribution in [0, 0.1) is 11.6 Å². The van der Waals surface area contributed by atoms with Gasteiger partial charge in [-0.05, 0) is 48.7 Å². The molecular formula is C20H19F2NO3. The normalized spacial score (nSPS) is 17.2. The van der Waals surface area contributed by atoms with E-state index in [0.717, 1.165) is 36.6 Å². The average Bonchev–Trinajstić information content (AvgIpc) is 2.65. The highest BCUT2D eigenvalue weighted by Gasteiger charge is 2.25. The predicted molar refractivity (Wildman–Crippen MR) is 92.0 cm³/mol. The van der Waals surface area contributed by atoms with Crippen LogP contribution in [-0.2, 0) is 11.2 Å². The molecule has 1 aliphatic rings. The van der Waals surface area contributed by atoms with Crippen molar-refractivity contribution in [3.63, 3.8) is 0 Å². The van der Waals surface area contributed by atoms with Crippen LogP contribution in [0.25, 0.3) is 0 Å². The molecule has 136 valence electrons. The molecule has 2 aromatic carbocycles. The van der Waals surface area contributed by atoms with Gasteiger partial charge in [-0.1, -0.05) is 12.1 Å². The number of rotatable bonds is 4. The van der Waals surface area contributed by atoms with Crippen molar-refractivity contribution in [1.82, 2.24) is 4.90 Å². The van der Waals surface area contributed by atoms with Crippen LogP contribution in [-0.4, -0.2) is 35.0 Å². The third-order valence-electron chi connectivity index (χ3n) is 4.73. The molecule has 26 heavy (non-hydrogen) atoms. The molecule has 0 aromatic heterocycles. The zero-order chi connectivity index (χ0) is 18.7. The summed E-state index contributed by atoms with van der Waals surface area (Å²) in [4.78, 5) is 25.3. The highest BCUT2D eigenvalue weighted by molar-refractivity contribution is 5.87. The minimum atomic E-state index is -0.989. The van der Waals surface area contributed by atoms with Crippen LogP contribution < -0.4 is 0 Å². The lowest BCUT2D eigenvalue weighted by Gasteiger charge is -2.33. The fraction of sp³-hybridized carbons (Fsp3) is 0.300. The standard InChI is InChI=1S/C20H19F2NO3/c21-17-6-7-18(22)16(10-17)11-19(24)23-8-2-5-15(12-23)13-3-1-4-14(9-13)20(25)26/h1,3-4,6-7,9-10,15H,2,5,8,11-12H2,(H,25,26)/t15-/m1/s1. The fourth-order valence-corrected chi connectivity index (χ4v) is 3.35. The summed E-state index contributed by atoms with van der Waals surface area (Å²) in [5.74, 6) is -2.38. The van der Waals surface area contributed by atoms with Gasteiger partial charge in [-0.25, -0.2) is 13.6 Å². The molecule has 0 aliphatic carbocycles. The van der Waals surface area contributed by atoms with E-state index in [4.69, 9.17) is 5.11 Å². The van der Waals surface area contributed by atoms with Gasteiger partial charge in [-0.15, -0.1) is 0 Å². The van der Waals surface area contributed by atoms with E-state index in [0.29, 0.717) is 13.1 Å². The van der Waals surface area contributed by atoms with E-state index >= 15 is 0 Å². The Labute approximate surface area is 150 Å². The lowest BCUT2D eigenvalue weighted by atomic mass is 9.89. The van der Waals surface area contributed by atoms with Gasteiger partial charge >= 0.3 is 5.97 Å². The minimum absolute atomic E-state index is 0.0318. The maximum Gasteiger partial charge on any atom is 0.335 e. The number of carbonyl (C=O) groups excluding carboxylic acids is 1. The topological polar surface area (TPSA) is 57.6 Å². The molecule has 3 rings (SSSR count). The molecule has 0 spiro atoms. The van der Waals surface area contributed by atoms with Crippen molar-refractivity contribution in [2.45, 2.75) is 25.2 Å². The Kier molecular flexibility index (Phi) is 5.30. The zero-order valence-electron chi connectivity index (χ0n) is 14.1. The largest absolute Gasteiger partial charge is 0.478 e. The number of hydrogen-bond acceptors (Lipinski definition) is 2. The smallest absolute Gasteiger partial charge is 0.335 e. The van der Waals surface area contributed by atoms with Crippen molar-refractivity contribution in [3.05, 3.63) is 70.8 Å². The monoisotopic (exact) mass is 359 g/mol. The van der Waals surface area contributed by atoms with Gasteiger partial charge in [-0.3, -0.25) is 4.79 Å². The van der Waals surface area contributed by atoms with Gasteiger partial charge < -0.3 is 10.0 Å². The zero-order valence-corrected chi connectivity index (χ0v) is 14.1. The van der Waals surface area contributed by atoms with Gasteiger partial charge in [0.15, 0.2) is 0 Å². The number of halogens is 2. The lowest BCUT2D eigenvalue weighted by Crippen LogP contribution is -2.40. The Morgan fingerprint density at radius 1 is 1.15 bits per heavy atom. The van der Waals surface area contributed by atoms with Gasteiger partial charge in [0.25, 0.3) is 0 Å². The van der Waals surface area contributed by atoms with Gasteiger partial charge in [0.1, 0.15) is 11.6 Å². The molecule has 0 saturated carbocycles. The number of carboxylic acid groups (broad SMARTS) is 1. The van der Waals surface area contributed by atoms with Gasteiger partial charge in [-0.2, -0.15) is 0 Å². The number of hydrogen-bond donors (Lipinski definition) is 1. The molecule has 1 amide bonds. The van der Waals surface area contributed by atoms with E-state index in [1.807, 2.05) is 6.07 Å². The SMILES string of the molecule is O=C(O)c1cccc([C@@H]2CCCN(C(=O)Cc3cc(F)ccc3F)C2)c1. The third-order valence-corrected chi connectivity index (χ3v) is 4.73. The molecule has 2 aromatic rings. The number of carbonyl (C=O) groups is 2. The first-order chi connectivity index (χ1) is 12.4. The Morgan fingerprint density at radius 3 is 2.73 bits per heavy atom. The fourth-order valence-electron chi connectivity index (χ4n) is 3.35. The van der Waals surface area contributed by atoms with Crippen molar-refractivity contribution >= 4 is 11.9 Å². The second-order valence-corrected chi connectivity index (χ2v) is 6.52. The molecule has 1 saturated heterocycles. The van der Waals surface area contributed by atoms with E-state index < -0.39 is 17.6 Å². The molecule has 1 heterocycles. The van der Waals surface area contributed by atoms with Crippen LogP contribution in [0.5, 0.6) is 0 Å². The predicted octanol–water partition coefficient (Wildman–Crippen LogP) is 3.61. The third kappa shape index (κ3) is 4.07. The Morgan fingerprint density at radius 2 is 1.96 bits per heavy atom. The molecule has 1 fully saturated rings. The van der Waals surface area contributed by atoms with Crippen molar-refractivity contribution in [1.29, 1.82) is 0 Å². The maximum atomic E-state index is 13.8. The molecule has 1 aliphatic heterocycles. The Hall–Kier alpha value is -2.76. The summed E-state index contributed by atoms with van der Waals surface area (Å²) in [5.41, 5.74) is 1.14. The van der Waals surface area contributed by atoms with Crippen LogP contribution in [0.1, 0.15) is 40.2 Å². The molecule has 0 radical (unpaired) electrons. The van der Waals surface area contributed by atoms with Crippen molar-refractivity contribution < 1.29 is 23.5 Å². The number of likely N-dealkylation sites (tertiary alicyclic amines) is 1. The molecule has 1 atom stereocenters. The number of carboxylic acids is 1. The number of nitrogens with zero attached hydrogens (tertiary/aromatic N) is 1. The number of piperidine rings is 1. The van der Waals surface area contributed by atoms with Crippen molar-refractivity contribution in [3.8, 4) is 0 Å². The number of aromatic carboxylic acids is 1. The second-order valence-electron chi connectivity index (χ2n) is 6.52. The Bertz CT molecular complexity index is 838. The minimum Gasteiger partial charge on any atom is -0.478 e. The van der Waals surface area contributed by atoms with E-state index in [1.165, 1.54) is 6.07 Å². The van der Waals surface area contributed by atoms with E-state index in [1.54, 1.807) is 17.0 Å². The van der Waals surface area contributed by atoms with E-state index in [2.05, 4.69) is 0 Å². The first-order valence-corrected chi connectivity index (χ1v) is 8.49. The first kappa shape index (κ1) is 18.0. The van der Waals surface area contributed by atoms with Gasteiger partial charge in [0.2, 0.25) is 5.91 Å². The highest BCUT2D eigenvalue weighted by Crippen LogP contribution is 2.28. The number of amides is 1. The molecule has 0 unspecified atom stereocenters. The van der Waals surface area contributed by atoms with Gasteiger partial charge in [0.05, 0.1) is 12.0 Å². The van der Waals surface area contributed by atoms with Crippen LogP contribution in [0.3, 0.4) is 0 Å². The average molecular weight is 359 g/mol. The molecule has 4 nitrogen and oxygen atoms in total. The van der Waals surface area contributed by atoms with Crippen LogP contribution >= 0.6 is 0 Å². The Balaban J connectivity index is 1.72. The summed E-state index contributed by atoms with van der Waals surface area (Å²) >= 11 is 0. The second kappa shape index (κ2) is 7.64. The summed E-state index contributed by atoms with van der Waals surface area (Å²) in [7, 11) is 0. The maximum absolute atomic E-state index is 13.8. The van der Waals surface area contributed by atoms with Crippen molar-refractivity contribution in [2.24, 2.45) is 0 Å². The molecule has 6 heteroatoms. The summed E-state index contributed by atoms with van der Waals surface area (Å²) < 4.78 is 27.1. The summed E-state index contributed by atoms with van der Waals surface area (Å²) in [6.45, 7) is 1.00. The van der Waals surface area contributed by atoms with Crippen LogP contribution in [0.15, 0.2) is 42.5 Å². The van der Waals surface area contributed by atoms with Crippen LogP contribution in [0.4, 0.5) is 8.78 Å².